The second-order valence-corrected chi connectivity index (χ2v) is 4.33. The molecular weight excluding hydrogens is 254 g/mol. The summed E-state index contributed by atoms with van der Waals surface area (Å²) in [5.74, 6) is 0.578. The van der Waals surface area contributed by atoms with Crippen molar-refractivity contribution in [2.45, 2.75) is 13.8 Å². The van der Waals surface area contributed by atoms with Gasteiger partial charge in [-0.2, -0.15) is 5.10 Å². The average Bonchev–Trinajstić information content (AvgIpc) is 2.49. The first-order valence-electron chi connectivity index (χ1n) is 6.31. The third-order valence-corrected chi connectivity index (χ3v) is 3.00. The number of hydrogen-bond acceptors (Lipinski definition) is 5. The Hall–Kier alpha value is -2.63. The SMILES string of the molecule is CCN(c1ccc(C)cc1)c1nnccc1/C(N)=N/O. The largest absolute Gasteiger partial charge is 0.409 e. The zero-order chi connectivity index (χ0) is 14.5. The molecule has 0 fully saturated rings. The summed E-state index contributed by atoms with van der Waals surface area (Å²) in [5.41, 5.74) is 8.40. The van der Waals surface area contributed by atoms with E-state index in [2.05, 4.69) is 15.4 Å². The van der Waals surface area contributed by atoms with Gasteiger partial charge in [-0.25, -0.2) is 0 Å². The number of aryl methyl sites for hydroxylation is 1. The van der Waals surface area contributed by atoms with Gasteiger partial charge in [0.1, 0.15) is 0 Å². The summed E-state index contributed by atoms with van der Waals surface area (Å²) < 4.78 is 0. The first-order valence-corrected chi connectivity index (χ1v) is 6.31. The molecule has 6 heteroatoms. The van der Waals surface area contributed by atoms with Gasteiger partial charge in [0, 0.05) is 12.2 Å². The Morgan fingerprint density at radius 1 is 1.30 bits per heavy atom. The van der Waals surface area contributed by atoms with E-state index in [1.165, 1.54) is 11.8 Å². The molecule has 0 aliphatic carbocycles. The van der Waals surface area contributed by atoms with Crippen LogP contribution in [0.5, 0.6) is 0 Å². The van der Waals surface area contributed by atoms with E-state index in [0.29, 0.717) is 17.9 Å². The van der Waals surface area contributed by atoms with E-state index in [1.807, 2.05) is 43.0 Å². The number of aromatic nitrogens is 2. The standard InChI is InChI=1S/C14H17N5O/c1-3-19(11-6-4-10(2)5-7-11)14-12(13(15)18-20)8-9-16-17-14/h4-9,20H,3H2,1-2H3,(H2,15,18). The molecule has 104 valence electrons. The van der Waals surface area contributed by atoms with Crippen molar-refractivity contribution in [1.29, 1.82) is 0 Å². The smallest absolute Gasteiger partial charge is 0.173 e. The molecule has 1 aromatic carbocycles. The van der Waals surface area contributed by atoms with Crippen molar-refractivity contribution in [3.05, 3.63) is 47.7 Å². The van der Waals surface area contributed by atoms with Crippen LogP contribution in [0.1, 0.15) is 18.1 Å². The van der Waals surface area contributed by atoms with Crippen molar-refractivity contribution < 1.29 is 5.21 Å². The van der Waals surface area contributed by atoms with E-state index in [0.717, 1.165) is 5.69 Å². The molecule has 0 amide bonds. The highest BCUT2D eigenvalue weighted by Crippen LogP contribution is 2.25. The van der Waals surface area contributed by atoms with Gasteiger partial charge in [-0.05, 0) is 32.0 Å². The van der Waals surface area contributed by atoms with Gasteiger partial charge in [-0.1, -0.05) is 22.9 Å². The van der Waals surface area contributed by atoms with Crippen molar-refractivity contribution in [3.8, 4) is 0 Å². The first kappa shape index (κ1) is 13.8. The van der Waals surface area contributed by atoms with Gasteiger partial charge in [-0.3, -0.25) is 0 Å². The number of rotatable bonds is 4. The zero-order valence-corrected chi connectivity index (χ0v) is 11.5. The summed E-state index contributed by atoms with van der Waals surface area (Å²) in [6.45, 7) is 4.72. The molecule has 0 saturated carbocycles. The van der Waals surface area contributed by atoms with Crippen molar-refractivity contribution in [1.82, 2.24) is 10.2 Å². The normalized spacial score (nSPS) is 11.4. The van der Waals surface area contributed by atoms with Crippen LogP contribution in [-0.4, -0.2) is 27.8 Å². The lowest BCUT2D eigenvalue weighted by Crippen LogP contribution is -2.24. The van der Waals surface area contributed by atoms with Gasteiger partial charge >= 0.3 is 0 Å². The Bertz CT molecular complexity index is 609. The minimum absolute atomic E-state index is 0.0143. The molecule has 0 aliphatic heterocycles. The van der Waals surface area contributed by atoms with Gasteiger partial charge in [-0.15, -0.1) is 5.10 Å². The van der Waals surface area contributed by atoms with Crippen molar-refractivity contribution >= 4 is 17.3 Å². The van der Waals surface area contributed by atoms with Crippen LogP contribution < -0.4 is 10.6 Å². The third kappa shape index (κ3) is 2.69. The Balaban J connectivity index is 2.50. The van der Waals surface area contributed by atoms with Gasteiger partial charge in [0.25, 0.3) is 0 Å². The van der Waals surface area contributed by atoms with Crippen LogP contribution in [0.4, 0.5) is 11.5 Å². The molecule has 0 atom stereocenters. The topological polar surface area (TPSA) is 87.6 Å². The fourth-order valence-electron chi connectivity index (χ4n) is 1.96. The first-order chi connectivity index (χ1) is 9.67. The molecule has 0 bridgehead atoms. The number of benzene rings is 1. The Labute approximate surface area is 117 Å². The van der Waals surface area contributed by atoms with E-state index in [4.69, 9.17) is 10.9 Å². The van der Waals surface area contributed by atoms with Crippen LogP contribution in [0.3, 0.4) is 0 Å². The maximum atomic E-state index is 8.87. The van der Waals surface area contributed by atoms with Crippen LogP contribution >= 0.6 is 0 Å². The van der Waals surface area contributed by atoms with Crippen molar-refractivity contribution in [2.24, 2.45) is 10.9 Å². The quantitative estimate of drug-likeness (QED) is 0.384. The lowest BCUT2D eigenvalue weighted by Gasteiger charge is -2.23. The van der Waals surface area contributed by atoms with E-state index in [1.54, 1.807) is 6.07 Å². The van der Waals surface area contributed by atoms with Gasteiger partial charge in [0.05, 0.1) is 11.8 Å². The number of amidine groups is 1. The van der Waals surface area contributed by atoms with E-state index < -0.39 is 0 Å². The lowest BCUT2D eigenvalue weighted by molar-refractivity contribution is 0.318. The van der Waals surface area contributed by atoms with Gasteiger partial charge in [0.2, 0.25) is 0 Å². The number of nitrogens with zero attached hydrogens (tertiary/aromatic N) is 4. The highest BCUT2D eigenvalue weighted by atomic mass is 16.4. The molecule has 2 aromatic rings. The fraction of sp³-hybridized carbons (Fsp3) is 0.214. The van der Waals surface area contributed by atoms with Gasteiger partial charge in [0.15, 0.2) is 11.7 Å². The highest BCUT2D eigenvalue weighted by molar-refractivity contribution is 6.01. The predicted octanol–water partition coefficient (Wildman–Crippen LogP) is 2.04. The van der Waals surface area contributed by atoms with Crippen LogP contribution in [0.25, 0.3) is 0 Å². The molecule has 1 aromatic heterocycles. The van der Waals surface area contributed by atoms with Crippen molar-refractivity contribution in [3.63, 3.8) is 0 Å². The second-order valence-electron chi connectivity index (χ2n) is 4.33. The minimum Gasteiger partial charge on any atom is -0.409 e. The zero-order valence-electron chi connectivity index (χ0n) is 11.5. The van der Waals surface area contributed by atoms with E-state index >= 15 is 0 Å². The summed E-state index contributed by atoms with van der Waals surface area (Å²) in [5, 5.41) is 19.9. The maximum absolute atomic E-state index is 8.87. The van der Waals surface area contributed by atoms with Crippen LogP contribution in [0.2, 0.25) is 0 Å². The third-order valence-electron chi connectivity index (χ3n) is 3.00. The van der Waals surface area contributed by atoms with Gasteiger partial charge < -0.3 is 15.8 Å². The molecule has 0 spiro atoms. The summed E-state index contributed by atoms with van der Waals surface area (Å²) in [4.78, 5) is 1.96. The minimum atomic E-state index is 0.0143. The summed E-state index contributed by atoms with van der Waals surface area (Å²) >= 11 is 0. The van der Waals surface area contributed by atoms with Crippen molar-refractivity contribution in [2.75, 3.05) is 11.4 Å². The monoisotopic (exact) mass is 271 g/mol. The Kier molecular flexibility index (Phi) is 4.14. The lowest BCUT2D eigenvalue weighted by atomic mass is 10.2. The Morgan fingerprint density at radius 3 is 2.60 bits per heavy atom. The summed E-state index contributed by atoms with van der Waals surface area (Å²) in [6, 6.07) is 9.73. The molecule has 0 radical (unpaired) electrons. The predicted molar refractivity (Wildman–Crippen MR) is 78.4 cm³/mol. The fourth-order valence-corrected chi connectivity index (χ4v) is 1.96. The van der Waals surface area contributed by atoms with Crippen LogP contribution in [0.15, 0.2) is 41.7 Å². The molecule has 1 heterocycles. The van der Waals surface area contributed by atoms with E-state index in [9.17, 15) is 0 Å². The number of oxime groups is 1. The molecule has 0 saturated heterocycles. The van der Waals surface area contributed by atoms with E-state index in [-0.39, 0.29) is 5.84 Å². The summed E-state index contributed by atoms with van der Waals surface area (Å²) in [7, 11) is 0. The van der Waals surface area contributed by atoms with Crippen LogP contribution in [-0.2, 0) is 0 Å². The van der Waals surface area contributed by atoms with Crippen LogP contribution in [0, 0.1) is 6.92 Å². The number of anilines is 2. The number of nitrogens with two attached hydrogens (primary N) is 1. The molecule has 0 unspecified atom stereocenters. The highest BCUT2D eigenvalue weighted by Gasteiger charge is 2.16. The maximum Gasteiger partial charge on any atom is 0.173 e. The molecule has 2 rings (SSSR count). The number of hydrogen-bond donors (Lipinski definition) is 2. The molecule has 6 nitrogen and oxygen atoms in total. The molecule has 20 heavy (non-hydrogen) atoms. The average molecular weight is 271 g/mol. The Morgan fingerprint density at radius 2 is 2.00 bits per heavy atom. The molecule has 0 aliphatic rings. The second kappa shape index (κ2) is 6.01. The summed E-state index contributed by atoms with van der Waals surface area (Å²) in [6.07, 6.45) is 1.51. The molecular formula is C14H17N5O. The molecule has 3 N–H and O–H groups in total.